The largest absolute Gasteiger partial charge is 0.395 e. The molecule has 0 radical (unpaired) electrons. The summed E-state index contributed by atoms with van der Waals surface area (Å²) in [6.45, 7) is 1.78. The molecule has 0 aromatic carbocycles. The van der Waals surface area contributed by atoms with Gasteiger partial charge in [-0.3, -0.25) is 9.59 Å². The van der Waals surface area contributed by atoms with Crippen molar-refractivity contribution in [2.24, 2.45) is 0 Å². The number of H-pyrrole nitrogens is 1. The second kappa shape index (κ2) is 5.67. The van der Waals surface area contributed by atoms with Crippen LogP contribution >= 0.6 is 11.6 Å². The van der Waals surface area contributed by atoms with E-state index in [-0.39, 0.29) is 18.7 Å². The minimum atomic E-state index is -0.542. The SMILES string of the molecule is CCc1[nH]c(=O)c(C(=O)NCCO)cc1Cl. The number of hydrogen-bond acceptors (Lipinski definition) is 3. The van der Waals surface area contributed by atoms with Gasteiger partial charge < -0.3 is 15.4 Å². The molecule has 88 valence electrons. The van der Waals surface area contributed by atoms with Gasteiger partial charge in [-0.15, -0.1) is 0 Å². The molecule has 0 atom stereocenters. The first-order valence-corrected chi connectivity index (χ1v) is 5.28. The maximum Gasteiger partial charge on any atom is 0.261 e. The van der Waals surface area contributed by atoms with Gasteiger partial charge in [0.15, 0.2) is 0 Å². The lowest BCUT2D eigenvalue weighted by Crippen LogP contribution is -2.31. The molecule has 0 fully saturated rings. The number of aromatic amines is 1. The zero-order valence-corrected chi connectivity index (χ0v) is 9.60. The molecule has 1 aromatic heterocycles. The Hall–Kier alpha value is -1.33. The van der Waals surface area contributed by atoms with Crippen LogP contribution in [0.1, 0.15) is 23.0 Å². The Bertz CT molecular complexity index is 442. The van der Waals surface area contributed by atoms with Crippen LogP contribution in [0.15, 0.2) is 10.9 Å². The predicted octanol–water partition coefficient (Wildman–Crippen LogP) is 0.313. The average Bonchev–Trinajstić information content (AvgIpc) is 2.28. The Morgan fingerprint density at radius 3 is 2.88 bits per heavy atom. The third-order valence-corrected chi connectivity index (χ3v) is 2.40. The highest BCUT2D eigenvalue weighted by Crippen LogP contribution is 2.13. The van der Waals surface area contributed by atoms with Crippen molar-refractivity contribution < 1.29 is 9.90 Å². The molecule has 0 unspecified atom stereocenters. The Morgan fingerprint density at radius 1 is 1.62 bits per heavy atom. The molecule has 1 amide bonds. The summed E-state index contributed by atoms with van der Waals surface area (Å²) in [5, 5.41) is 11.3. The lowest BCUT2D eigenvalue weighted by Gasteiger charge is -2.05. The molecule has 0 saturated heterocycles. The first kappa shape index (κ1) is 12.7. The number of aromatic nitrogens is 1. The van der Waals surface area contributed by atoms with Gasteiger partial charge in [-0.2, -0.15) is 0 Å². The van der Waals surface area contributed by atoms with Crippen LogP contribution in [0.2, 0.25) is 5.02 Å². The average molecular weight is 245 g/mol. The monoisotopic (exact) mass is 244 g/mol. The van der Waals surface area contributed by atoms with Crippen LogP contribution in [0.5, 0.6) is 0 Å². The zero-order valence-electron chi connectivity index (χ0n) is 8.84. The van der Waals surface area contributed by atoms with E-state index in [2.05, 4.69) is 10.3 Å². The summed E-state index contributed by atoms with van der Waals surface area (Å²) < 4.78 is 0. The number of carbonyl (C=O) groups is 1. The second-order valence-corrected chi connectivity index (χ2v) is 3.58. The second-order valence-electron chi connectivity index (χ2n) is 3.17. The van der Waals surface area contributed by atoms with Crippen molar-refractivity contribution in [2.45, 2.75) is 13.3 Å². The molecule has 3 N–H and O–H groups in total. The number of aliphatic hydroxyl groups is 1. The van der Waals surface area contributed by atoms with E-state index in [1.165, 1.54) is 6.07 Å². The third-order valence-electron chi connectivity index (χ3n) is 2.06. The molecule has 5 nitrogen and oxygen atoms in total. The van der Waals surface area contributed by atoms with E-state index < -0.39 is 11.5 Å². The first-order chi connectivity index (χ1) is 7.60. The Morgan fingerprint density at radius 2 is 2.31 bits per heavy atom. The molecule has 1 aromatic rings. The molecule has 0 spiro atoms. The van der Waals surface area contributed by atoms with Crippen LogP contribution in [0.25, 0.3) is 0 Å². The molecule has 0 aliphatic rings. The summed E-state index contributed by atoms with van der Waals surface area (Å²) in [7, 11) is 0. The summed E-state index contributed by atoms with van der Waals surface area (Å²) in [5.41, 5.74) is 0.0812. The first-order valence-electron chi connectivity index (χ1n) is 4.91. The summed E-state index contributed by atoms with van der Waals surface area (Å²) >= 11 is 5.88. The van der Waals surface area contributed by atoms with Crippen LogP contribution in [-0.4, -0.2) is 29.1 Å². The van der Waals surface area contributed by atoms with Gasteiger partial charge in [-0.05, 0) is 12.5 Å². The summed E-state index contributed by atoms with van der Waals surface area (Å²) in [6, 6.07) is 1.34. The highest BCUT2D eigenvalue weighted by Gasteiger charge is 2.12. The van der Waals surface area contributed by atoms with Gasteiger partial charge in [-0.1, -0.05) is 18.5 Å². The number of aryl methyl sites for hydroxylation is 1. The number of nitrogens with one attached hydrogen (secondary N) is 2. The van der Waals surface area contributed by atoms with Crippen molar-refractivity contribution in [3.63, 3.8) is 0 Å². The highest BCUT2D eigenvalue weighted by atomic mass is 35.5. The normalized spacial score (nSPS) is 10.2. The fourth-order valence-electron chi connectivity index (χ4n) is 1.23. The predicted molar refractivity (Wildman–Crippen MR) is 60.9 cm³/mol. The summed E-state index contributed by atoms with van der Waals surface area (Å²) in [4.78, 5) is 25.5. The van der Waals surface area contributed by atoms with E-state index in [1.807, 2.05) is 6.92 Å². The standard InChI is InChI=1S/C10H13ClN2O3/c1-2-8-7(11)5-6(10(16)13-8)9(15)12-3-4-14/h5,14H,2-4H2,1H3,(H,12,15)(H,13,16). The van der Waals surface area contributed by atoms with Gasteiger partial charge in [0.05, 0.1) is 11.6 Å². The van der Waals surface area contributed by atoms with Gasteiger partial charge in [0, 0.05) is 12.2 Å². The minimum Gasteiger partial charge on any atom is -0.395 e. The highest BCUT2D eigenvalue weighted by molar-refractivity contribution is 6.31. The number of halogens is 1. The molecule has 1 rings (SSSR count). The zero-order chi connectivity index (χ0) is 12.1. The summed E-state index contributed by atoms with van der Waals surface area (Å²) in [6.07, 6.45) is 0.590. The number of aliphatic hydroxyl groups excluding tert-OH is 1. The molecule has 0 saturated carbocycles. The van der Waals surface area contributed by atoms with Crippen molar-refractivity contribution in [3.05, 3.63) is 32.7 Å². The number of hydrogen-bond donors (Lipinski definition) is 3. The van der Waals surface area contributed by atoms with Crippen LogP contribution in [-0.2, 0) is 6.42 Å². The van der Waals surface area contributed by atoms with E-state index in [0.29, 0.717) is 17.1 Å². The number of rotatable bonds is 4. The van der Waals surface area contributed by atoms with Gasteiger partial charge in [0.25, 0.3) is 11.5 Å². The molecule has 1 heterocycles. The van der Waals surface area contributed by atoms with Gasteiger partial charge in [0.2, 0.25) is 0 Å². The van der Waals surface area contributed by atoms with E-state index in [9.17, 15) is 9.59 Å². The van der Waals surface area contributed by atoms with E-state index in [4.69, 9.17) is 16.7 Å². The van der Waals surface area contributed by atoms with Crippen molar-refractivity contribution >= 4 is 17.5 Å². The molecule has 6 heteroatoms. The molecular weight excluding hydrogens is 232 g/mol. The quantitative estimate of drug-likeness (QED) is 0.713. The van der Waals surface area contributed by atoms with E-state index >= 15 is 0 Å². The van der Waals surface area contributed by atoms with Gasteiger partial charge in [-0.25, -0.2) is 0 Å². The minimum absolute atomic E-state index is 0.0457. The molecule has 0 aliphatic carbocycles. The van der Waals surface area contributed by atoms with Crippen LogP contribution in [0.3, 0.4) is 0 Å². The molecule has 16 heavy (non-hydrogen) atoms. The Labute approximate surface area is 97.4 Å². The number of pyridine rings is 1. The maximum absolute atomic E-state index is 11.5. The van der Waals surface area contributed by atoms with Crippen LogP contribution in [0.4, 0.5) is 0 Å². The lowest BCUT2D eigenvalue weighted by atomic mass is 10.2. The Kier molecular flexibility index (Phi) is 4.52. The lowest BCUT2D eigenvalue weighted by molar-refractivity contribution is 0.0943. The van der Waals surface area contributed by atoms with Crippen molar-refractivity contribution in [1.29, 1.82) is 0 Å². The summed E-state index contributed by atoms with van der Waals surface area (Å²) in [5.74, 6) is -0.542. The molecular formula is C10H13ClN2O3. The van der Waals surface area contributed by atoms with Crippen molar-refractivity contribution in [3.8, 4) is 0 Å². The van der Waals surface area contributed by atoms with Crippen LogP contribution < -0.4 is 10.9 Å². The van der Waals surface area contributed by atoms with Crippen LogP contribution in [0, 0.1) is 0 Å². The van der Waals surface area contributed by atoms with Gasteiger partial charge >= 0.3 is 0 Å². The van der Waals surface area contributed by atoms with E-state index in [0.717, 1.165) is 0 Å². The maximum atomic E-state index is 11.5. The number of carbonyl (C=O) groups excluding carboxylic acids is 1. The van der Waals surface area contributed by atoms with Crippen molar-refractivity contribution in [2.75, 3.05) is 13.2 Å². The smallest absolute Gasteiger partial charge is 0.261 e. The fourth-order valence-corrected chi connectivity index (χ4v) is 1.52. The van der Waals surface area contributed by atoms with Crippen molar-refractivity contribution in [1.82, 2.24) is 10.3 Å². The topological polar surface area (TPSA) is 82.2 Å². The van der Waals surface area contributed by atoms with Gasteiger partial charge in [0.1, 0.15) is 5.56 Å². The third kappa shape index (κ3) is 2.84. The molecule has 0 aliphatic heterocycles. The van der Waals surface area contributed by atoms with E-state index in [1.54, 1.807) is 0 Å². The Balaban J connectivity index is 3.02. The molecule has 0 bridgehead atoms. The number of amides is 1. The fraction of sp³-hybridized carbons (Fsp3) is 0.400.